The van der Waals surface area contributed by atoms with Gasteiger partial charge in [0.25, 0.3) is 5.56 Å². The zero-order chi connectivity index (χ0) is 19.9. The molecule has 2 aromatic carbocycles. The fourth-order valence-electron chi connectivity index (χ4n) is 2.84. The van der Waals surface area contributed by atoms with Gasteiger partial charge in [0.2, 0.25) is 0 Å². The van der Waals surface area contributed by atoms with Crippen LogP contribution < -0.4 is 20.3 Å². The van der Waals surface area contributed by atoms with Crippen molar-refractivity contribution in [2.24, 2.45) is 0 Å². The molecule has 0 bridgehead atoms. The molecule has 0 spiro atoms. The predicted octanol–water partition coefficient (Wildman–Crippen LogP) is 3.01. The number of H-pyrrole nitrogens is 1. The van der Waals surface area contributed by atoms with Crippen molar-refractivity contribution in [1.29, 1.82) is 0 Å². The van der Waals surface area contributed by atoms with Crippen LogP contribution in [-0.2, 0) is 17.8 Å². The number of ether oxygens (including phenoxy) is 3. The molecule has 7 heteroatoms. The number of amides is 1. The number of rotatable bonds is 7. The van der Waals surface area contributed by atoms with Crippen molar-refractivity contribution in [3.63, 3.8) is 0 Å². The molecule has 0 aliphatic carbocycles. The maximum Gasteiger partial charge on any atom is 0.407 e. The molecule has 0 fully saturated rings. The third-order valence-corrected chi connectivity index (χ3v) is 4.30. The molecule has 0 aliphatic rings. The van der Waals surface area contributed by atoms with E-state index in [0.29, 0.717) is 29.0 Å². The highest BCUT2D eigenvalue weighted by Crippen LogP contribution is 2.31. The van der Waals surface area contributed by atoms with Crippen LogP contribution in [0.15, 0.2) is 53.3 Å². The number of aromatic nitrogens is 1. The van der Waals surface area contributed by atoms with Gasteiger partial charge in [0.05, 0.1) is 19.7 Å². The first kappa shape index (κ1) is 19.3. The summed E-state index contributed by atoms with van der Waals surface area (Å²) in [6.45, 7) is 0.486. The van der Waals surface area contributed by atoms with Gasteiger partial charge in [0.15, 0.2) is 11.5 Å². The van der Waals surface area contributed by atoms with Gasteiger partial charge in [-0.3, -0.25) is 4.79 Å². The van der Waals surface area contributed by atoms with Crippen LogP contribution in [-0.4, -0.2) is 31.8 Å². The normalized spacial score (nSPS) is 10.5. The van der Waals surface area contributed by atoms with Crippen LogP contribution in [0.4, 0.5) is 4.79 Å². The molecule has 0 radical (unpaired) electrons. The molecule has 7 nitrogen and oxygen atoms in total. The van der Waals surface area contributed by atoms with Crippen LogP contribution >= 0.6 is 0 Å². The largest absolute Gasteiger partial charge is 0.493 e. The highest BCUT2D eigenvalue weighted by molar-refractivity contribution is 5.83. The first-order chi connectivity index (χ1) is 13.6. The van der Waals surface area contributed by atoms with Gasteiger partial charge in [-0.25, -0.2) is 4.79 Å². The molecule has 0 saturated heterocycles. The molecule has 3 rings (SSSR count). The van der Waals surface area contributed by atoms with Gasteiger partial charge in [-0.1, -0.05) is 30.3 Å². The van der Waals surface area contributed by atoms with Crippen LogP contribution in [0.2, 0.25) is 0 Å². The number of methoxy groups -OCH3 is 2. The Morgan fingerprint density at radius 3 is 2.46 bits per heavy atom. The second kappa shape index (κ2) is 8.94. The molecule has 0 atom stereocenters. The maximum atomic E-state index is 12.3. The lowest BCUT2D eigenvalue weighted by Crippen LogP contribution is -2.28. The molecule has 1 heterocycles. The minimum atomic E-state index is -0.521. The number of carbonyl (C=O) groups is 1. The Morgan fingerprint density at radius 1 is 1.04 bits per heavy atom. The number of fused-ring (bicyclic) bond motifs is 1. The van der Waals surface area contributed by atoms with E-state index >= 15 is 0 Å². The van der Waals surface area contributed by atoms with Gasteiger partial charge >= 0.3 is 6.09 Å². The third-order valence-electron chi connectivity index (χ3n) is 4.30. The molecular weight excluding hydrogens is 360 g/mol. The van der Waals surface area contributed by atoms with Gasteiger partial charge in [-0.15, -0.1) is 0 Å². The van der Waals surface area contributed by atoms with Gasteiger partial charge in [0, 0.05) is 23.6 Å². The highest BCUT2D eigenvalue weighted by atomic mass is 16.5. The number of aromatic amines is 1. The van der Waals surface area contributed by atoms with Crippen molar-refractivity contribution in [3.8, 4) is 11.5 Å². The molecule has 1 aromatic heterocycles. The van der Waals surface area contributed by atoms with E-state index in [4.69, 9.17) is 14.2 Å². The first-order valence-corrected chi connectivity index (χ1v) is 8.83. The summed E-state index contributed by atoms with van der Waals surface area (Å²) in [5.41, 5.74) is 1.91. The Bertz CT molecular complexity index is 1010. The van der Waals surface area contributed by atoms with E-state index < -0.39 is 6.09 Å². The Morgan fingerprint density at radius 2 is 1.75 bits per heavy atom. The Kier molecular flexibility index (Phi) is 6.16. The lowest BCUT2D eigenvalue weighted by molar-refractivity contribution is 0.140. The van der Waals surface area contributed by atoms with E-state index in [1.807, 2.05) is 30.3 Å². The molecule has 0 unspecified atom stereocenters. The van der Waals surface area contributed by atoms with Crippen LogP contribution in [0.1, 0.15) is 11.1 Å². The Balaban J connectivity index is 1.61. The lowest BCUT2D eigenvalue weighted by Gasteiger charge is -2.10. The van der Waals surface area contributed by atoms with E-state index in [9.17, 15) is 9.59 Å². The summed E-state index contributed by atoms with van der Waals surface area (Å²) < 4.78 is 15.7. The zero-order valence-electron chi connectivity index (χ0n) is 15.8. The number of nitrogens with one attached hydrogen (secondary N) is 2. The third kappa shape index (κ3) is 4.62. The van der Waals surface area contributed by atoms with E-state index in [2.05, 4.69) is 10.3 Å². The molecule has 0 saturated carbocycles. The monoisotopic (exact) mass is 382 g/mol. The molecule has 0 aliphatic heterocycles. The first-order valence-electron chi connectivity index (χ1n) is 8.83. The average molecular weight is 382 g/mol. The minimum absolute atomic E-state index is 0.199. The van der Waals surface area contributed by atoms with Crippen LogP contribution in [0.5, 0.6) is 11.5 Å². The Labute approximate surface area is 162 Å². The molecule has 146 valence electrons. The molecule has 28 heavy (non-hydrogen) atoms. The van der Waals surface area contributed by atoms with E-state index in [0.717, 1.165) is 10.9 Å². The number of hydrogen-bond acceptors (Lipinski definition) is 5. The Hall–Kier alpha value is -3.48. The van der Waals surface area contributed by atoms with Crippen molar-refractivity contribution in [3.05, 3.63) is 70.0 Å². The quantitative estimate of drug-likeness (QED) is 0.656. The summed E-state index contributed by atoms with van der Waals surface area (Å²) in [6, 6.07) is 14.7. The van der Waals surface area contributed by atoms with Crippen molar-refractivity contribution >= 4 is 17.0 Å². The van der Waals surface area contributed by atoms with Crippen LogP contribution in [0, 0.1) is 0 Å². The van der Waals surface area contributed by atoms with Crippen molar-refractivity contribution in [2.45, 2.75) is 13.0 Å². The molecular formula is C21H22N2O5. The topological polar surface area (TPSA) is 89.6 Å². The summed E-state index contributed by atoms with van der Waals surface area (Å²) in [4.78, 5) is 26.9. The molecule has 2 N–H and O–H groups in total. The highest BCUT2D eigenvalue weighted by Gasteiger charge is 2.10. The number of hydrogen-bond donors (Lipinski definition) is 2. The number of benzene rings is 2. The SMILES string of the molecule is COc1cc2cc(CCNC(=O)OCc3ccccc3)c(=O)[nH]c2cc1OC. The summed E-state index contributed by atoms with van der Waals surface area (Å²) in [7, 11) is 3.10. The van der Waals surface area contributed by atoms with Gasteiger partial charge < -0.3 is 24.5 Å². The summed E-state index contributed by atoms with van der Waals surface area (Å²) in [5, 5.41) is 3.48. The minimum Gasteiger partial charge on any atom is -0.493 e. The van der Waals surface area contributed by atoms with Crippen LogP contribution in [0.3, 0.4) is 0 Å². The number of alkyl carbamates (subject to hydrolysis) is 1. The fraction of sp³-hybridized carbons (Fsp3) is 0.238. The van der Waals surface area contributed by atoms with Crippen LogP contribution in [0.25, 0.3) is 10.9 Å². The van der Waals surface area contributed by atoms with E-state index in [1.165, 1.54) is 0 Å². The van der Waals surface area contributed by atoms with Crippen molar-refractivity contribution in [2.75, 3.05) is 20.8 Å². The summed E-state index contributed by atoms with van der Waals surface area (Å²) in [6.07, 6.45) is -0.146. The van der Waals surface area contributed by atoms with Crippen molar-refractivity contribution in [1.82, 2.24) is 10.3 Å². The van der Waals surface area contributed by atoms with E-state index in [1.54, 1.807) is 32.4 Å². The molecule has 1 amide bonds. The van der Waals surface area contributed by atoms with E-state index in [-0.39, 0.29) is 18.7 Å². The zero-order valence-corrected chi connectivity index (χ0v) is 15.8. The predicted molar refractivity (Wildman–Crippen MR) is 106 cm³/mol. The number of pyridine rings is 1. The average Bonchev–Trinajstić information content (AvgIpc) is 2.72. The fourth-order valence-corrected chi connectivity index (χ4v) is 2.84. The lowest BCUT2D eigenvalue weighted by atomic mass is 10.1. The standard InChI is InChI=1S/C21H22N2O5/c1-26-18-11-16-10-15(20(24)23-17(16)12-19(18)27-2)8-9-22-21(25)28-13-14-6-4-3-5-7-14/h3-7,10-12H,8-9,13H2,1-2H3,(H,22,25)(H,23,24). The van der Waals surface area contributed by atoms with Crippen molar-refractivity contribution < 1.29 is 19.0 Å². The van der Waals surface area contributed by atoms with Gasteiger partial charge in [-0.05, 0) is 24.1 Å². The van der Waals surface area contributed by atoms with Gasteiger partial charge in [-0.2, -0.15) is 0 Å². The second-order valence-corrected chi connectivity index (χ2v) is 6.16. The summed E-state index contributed by atoms with van der Waals surface area (Å²) >= 11 is 0. The number of carbonyl (C=O) groups excluding carboxylic acids is 1. The summed E-state index contributed by atoms with van der Waals surface area (Å²) in [5.74, 6) is 1.12. The second-order valence-electron chi connectivity index (χ2n) is 6.16. The smallest absolute Gasteiger partial charge is 0.407 e. The maximum absolute atomic E-state index is 12.3. The molecule has 3 aromatic rings. The van der Waals surface area contributed by atoms with Gasteiger partial charge in [0.1, 0.15) is 6.61 Å².